The van der Waals surface area contributed by atoms with E-state index in [1.54, 1.807) is 12.1 Å². The van der Waals surface area contributed by atoms with Crippen LogP contribution in [0.1, 0.15) is 17.3 Å². The highest BCUT2D eigenvalue weighted by atomic mass is 16.5. The molecule has 0 heterocycles. The topological polar surface area (TPSA) is 55.8 Å². The highest BCUT2D eigenvalue weighted by Gasteiger charge is 2.17. The maximum absolute atomic E-state index is 11.2. The Balaban J connectivity index is 3.39. The third-order valence-corrected chi connectivity index (χ3v) is 1.89. The van der Waals surface area contributed by atoms with E-state index < -0.39 is 0 Å². The average molecular weight is 196 g/mol. The lowest BCUT2D eigenvalue weighted by Gasteiger charge is -2.10. The van der Waals surface area contributed by atoms with Crippen LogP contribution in [0, 0.1) is 0 Å². The van der Waals surface area contributed by atoms with Crippen molar-refractivity contribution in [2.45, 2.75) is 6.92 Å². The molecular weight excluding hydrogens is 184 g/mol. The van der Waals surface area contributed by atoms with Gasteiger partial charge in [-0.05, 0) is 19.1 Å². The Bertz CT molecular complexity index is 357. The molecule has 0 fully saturated rings. The number of phenolic OH excluding ortho intramolecular Hbond substituents is 1. The number of phenols is 1. The molecule has 14 heavy (non-hydrogen) atoms. The van der Waals surface area contributed by atoms with E-state index in [2.05, 4.69) is 0 Å². The van der Waals surface area contributed by atoms with E-state index in [1.165, 1.54) is 21.1 Å². The quantitative estimate of drug-likeness (QED) is 0.746. The summed E-state index contributed by atoms with van der Waals surface area (Å²) < 4.78 is 9.83. The molecule has 1 rings (SSSR count). The number of hydrogen-bond donors (Lipinski definition) is 1. The molecule has 0 amide bonds. The van der Waals surface area contributed by atoms with Crippen LogP contribution in [0.15, 0.2) is 12.1 Å². The Kier molecular flexibility index (Phi) is 2.96. The summed E-state index contributed by atoms with van der Waals surface area (Å²) in [6.45, 7) is 1.36. The zero-order valence-electron chi connectivity index (χ0n) is 8.33. The normalized spacial score (nSPS) is 9.64. The van der Waals surface area contributed by atoms with Crippen LogP contribution in [-0.4, -0.2) is 25.1 Å². The van der Waals surface area contributed by atoms with Crippen LogP contribution < -0.4 is 9.47 Å². The summed E-state index contributed by atoms with van der Waals surface area (Å²) in [5, 5.41) is 9.65. The fourth-order valence-corrected chi connectivity index (χ4v) is 1.23. The first kappa shape index (κ1) is 10.4. The van der Waals surface area contributed by atoms with Crippen molar-refractivity contribution in [1.82, 2.24) is 0 Å². The van der Waals surface area contributed by atoms with E-state index in [9.17, 15) is 9.90 Å². The summed E-state index contributed by atoms with van der Waals surface area (Å²) in [6, 6.07) is 3.12. The highest BCUT2D eigenvalue weighted by Crippen LogP contribution is 2.36. The van der Waals surface area contributed by atoms with Crippen LogP contribution in [0.3, 0.4) is 0 Å². The molecule has 0 atom stereocenters. The molecule has 4 heteroatoms. The van der Waals surface area contributed by atoms with Crippen molar-refractivity contribution < 1.29 is 19.4 Å². The lowest BCUT2D eigenvalue weighted by atomic mass is 10.1. The summed E-state index contributed by atoms with van der Waals surface area (Å²) in [6.07, 6.45) is 0. The van der Waals surface area contributed by atoms with Crippen molar-refractivity contribution in [3.63, 3.8) is 0 Å². The minimum Gasteiger partial charge on any atom is -0.504 e. The number of aromatic hydroxyl groups is 1. The second-order valence-electron chi connectivity index (χ2n) is 2.75. The summed E-state index contributed by atoms with van der Waals surface area (Å²) in [4.78, 5) is 11.2. The molecular formula is C10H12O4. The second kappa shape index (κ2) is 4.00. The number of ether oxygens (including phenoxy) is 2. The average Bonchev–Trinajstić information content (AvgIpc) is 2.16. The molecule has 0 saturated carbocycles. The molecule has 0 aliphatic heterocycles. The van der Waals surface area contributed by atoms with Crippen molar-refractivity contribution >= 4 is 5.78 Å². The van der Waals surface area contributed by atoms with Gasteiger partial charge in [-0.1, -0.05) is 0 Å². The van der Waals surface area contributed by atoms with Crippen molar-refractivity contribution in [3.05, 3.63) is 17.7 Å². The van der Waals surface area contributed by atoms with Gasteiger partial charge in [0, 0.05) is 0 Å². The van der Waals surface area contributed by atoms with Gasteiger partial charge >= 0.3 is 0 Å². The van der Waals surface area contributed by atoms with Crippen LogP contribution in [-0.2, 0) is 0 Å². The zero-order chi connectivity index (χ0) is 10.7. The van der Waals surface area contributed by atoms with Crippen LogP contribution in [0.4, 0.5) is 0 Å². The number of carbonyl (C=O) groups is 1. The third kappa shape index (κ3) is 1.64. The number of Topliss-reactive ketones (excluding diaryl/α,β-unsaturated/α-hetero) is 1. The number of rotatable bonds is 3. The van der Waals surface area contributed by atoms with Crippen LogP contribution in [0.5, 0.6) is 17.2 Å². The maximum atomic E-state index is 11.2. The van der Waals surface area contributed by atoms with Gasteiger partial charge in [0.2, 0.25) is 0 Å². The summed E-state index contributed by atoms with van der Waals surface area (Å²) in [7, 11) is 2.86. The first-order valence-corrected chi connectivity index (χ1v) is 4.06. The van der Waals surface area contributed by atoms with Gasteiger partial charge in [-0.25, -0.2) is 0 Å². The minimum atomic E-state index is -0.266. The zero-order valence-corrected chi connectivity index (χ0v) is 8.33. The monoisotopic (exact) mass is 196 g/mol. The highest BCUT2D eigenvalue weighted by molar-refractivity contribution is 6.00. The Morgan fingerprint density at radius 3 is 2.14 bits per heavy atom. The fourth-order valence-electron chi connectivity index (χ4n) is 1.23. The van der Waals surface area contributed by atoms with E-state index >= 15 is 0 Å². The first-order valence-electron chi connectivity index (χ1n) is 4.06. The second-order valence-corrected chi connectivity index (χ2v) is 2.75. The van der Waals surface area contributed by atoms with Gasteiger partial charge in [0.05, 0.1) is 14.2 Å². The Hall–Kier alpha value is -1.71. The molecule has 0 aromatic heterocycles. The smallest absolute Gasteiger partial charge is 0.172 e. The van der Waals surface area contributed by atoms with Gasteiger partial charge in [-0.3, -0.25) is 4.79 Å². The van der Waals surface area contributed by atoms with Gasteiger partial charge in [0.15, 0.2) is 17.3 Å². The molecule has 0 saturated heterocycles. The van der Waals surface area contributed by atoms with Crippen molar-refractivity contribution in [2.24, 2.45) is 0 Å². The minimum absolute atomic E-state index is 0.145. The summed E-state index contributed by atoms with van der Waals surface area (Å²) >= 11 is 0. The molecule has 0 bridgehead atoms. The summed E-state index contributed by atoms with van der Waals surface area (Å²) in [5.74, 6) is 0.157. The Labute approximate surface area is 82.1 Å². The molecule has 0 spiro atoms. The van der Waals surface area contributed by atoms with Gasteiger partial charge in [-0.2, -0.15) is 0 Å². The molecule has 1 N–H and O–H groups in total. The number of methoxy groups -OCH3 is 2. The van der Waals surface area contributed by atoms with E-state index in [0.29, 0.717) is 5.75 Å². The Morgan fingerprint density at radius 1 is 1.21 bits per heavy atom. The molecule has 0 unspecified atom stereocenters. The summed E-state index contributed by atoms with van der Waals surface area (Å²) in [5.41, 5.74) is 0.145. The molecule has 1 aromatic carbocycles. The Morgan fingerprint density at radius 2 is 1.71 bits per heavy atom. The number of benzene rings is 1. The number of hydrogen-bond acceptors (Lipinski definition) is 4. The van der Waals surface area contributed by atoms with E-state index in [1.807, 2.05) is 0 Å². The van der Waals surface area contributed by atoms with Gasteiger partial charge in [0.25, 0.3) is 0 Å². The van der Waals surface area contributed by atoms with Gasteiger partial charge < -0.3 is 14.6 Å². The first-order chi connectivity index (χ1) is 6.61. The fraction of sp³-hybridized carbons (Fsp3) is 0.300. The van der Waals surface area contributed by atoms with Crippen molar-refractivity contribution in [1.29, 1.82) is 0 Å². The van der Waals surface area contributed by atoms with E-state index in [0.717, 1.165) is 0 Å². The third-order valence-electron chi connectivity index (χ3n) is 1.89. The van der Waals surface area contributed by atoms with E-state index in [4.69, 9.17) is 9.47 Å². The van der Waals surface area contributed by atoms with Crippen molar-refractivity contribution in [3.8, 4) is 17.2 Å². The number of ketones is 1. The predicted molar refractivity (Wildman–Crippen MR) is 51.2 cm³/mol. The lowest BCUT2D eigenvalue weighted by molar-refractivity contribution is 0.101. The molecule has 1 aromatic rings. The molecule has 4 nitrogen and oxygen atoms in total. The molecule has 76 valence electrons. The van der Waals surface area contributed by atoms with Crippen LogP contribution in [0.25, 0.3) is 0 Å². The lowest BCUT2D eigenvalue weighted by Crippen LogP contribution is -1.99. The number of carbonyl (C=O) groups excluding carboxylic acids is 1. The van der Waals surface area contributed by atoms with Crippen molar-refractivity contribution in [2.75, 3.05) is 14.2 Å². The van der Waals surface area contributed by atoms with Gasteiger partial charge in [-0.15, -0.1) is 0 Å². The van der Waals surface area contributed by atoms with Crippen LogP contribution in [0.2, 0.25) is 0 Å². The van der Waals surface area contributed by atoms with Gasteiger partial charge in [0.1, 0.15) is 11.3 Å². The maximum Gasteiger partial charge on any atom is 0.172 e. The molecule has 0 aliphatic carbocycles. The van der Waals surface area contributed by atoms with Crippen LogP contribution >= 0.6 is 0 Å². The predicted octanol–water partition coefficient (Wildman–Crippen LogP) is 1.61. The standard InChI is InChI=1S/C10H12O4/c1-6(11)9-7(13-2)4-5-8(14-3)10(9)12/h4-5,12H,1-3H3. The largest absolute Gasteiger partial charge is 0.504 e. The SMILES string of the molecule is COc1ccc(OC)c(C(C)=O)c1O. The van der Waals surface area contributed by atoms with E-state index in [-0.39, 0.29) is 22.8 Å². The molecule has 0 aliphatic rings. The molecule has 0 radical (unpaired) electrons.